The van der Waals surface area contributed by atoms with Gasteiger partial charge in [-0.1, -0.05) is 59.6 Å². The molecule has 0 unspecified atom stereocenters. The maximum absolute atomic E-state index is 14.0. The number of halogens is 1. The Balaban J connectivity index is 1.72. The smallest absolute Gasteiger partial charge is 0.274 e. The fourth-order valence-electron chi connectivity index (χ4n) is 4.51. The van der Waals surface area contributed by atoms with E-state index >= 15 is 0 Å². The number of aryl methyl sites for hydroxylation is 1. The Labute approximate surface area is 190 Å². The van der Waals surface area contributed by atoms with Gasteiger partial charge in [0.2, 0.25) is 5.91 Å². The number of para-hydroxylation sites is 1. The molecule has 1 saturated heterocycles. The molecule has 32 heavy (non-hydrogen) atoms. The minimum Gasteiger partial charge on any atom is -0.304 e. The first kappa shape index (κ1) is 20.7. The van der Waals surface area contributed by atoms with Crippen molar-refractivity contribution in [2.45, 2.75) is 18.3 Å². The number of sulfone groups is 1. The average Bonchev–Trinajstić information content (AvgIpc) is 3.13. The van der Waals surface area contributed by atoms with Crippen LogP contribution in [0.15, 0.2) is 72.8 Å². The van der Waals surface area contributed by atoms with E-state index in [1.807, 2.05) is 6.92 Å². The van der Waals surface area contributed by atoms with E-state index in [4.69, 9.17) is 11.6 Å². The molecular formula is C24H19ClN2O4S. The van der Waals surface area contributed by atoms with E-state index in [0.717, 1.165) is 16.0 Å². The Morgan fingerprint density at radius 2 is 1.59 bits per heavy atom. The van der Waals surface area contributed by atoms with Gasteiger partial charge in [0.05, 0.1) is 12.2 Å². The number of hydrogen-bond acceptors (Lipinski definition) is 4. The highest BCUT2D eigenvalue weighted by Crippen LogP contribution is 2.52. The van der Waals surface area contributed by atoms with Crippen LogP contribution in [-0.4, -0.2) is 26.0 Å². The third-order valence-corrected chi connectivity index (χ3v) is 8.33. The van der Waals surface area contributed by atoms with Crippen LogP contribution in [0.5, 0.6) is 0 Å². The quantitative estimate of drug-likeness (QED) is 0.588. The van der Waals surface area contributed by atoms with Gasteiger partial charge in [-0.05, 0) is 42.8 Å². The van der Waals surface area contributed by atoms with Crippen molar-refractivity contribution in [1.82, 2.24) is 0 Å². The summed E-state index contributed by atoms with van der Waals surface area (Å²) in [5.41, 5.74) is 2.89. The minimum absolute atomic E-state index is 0.153. The summed E-state index contributed by atoms with van der Waals surface area (Å²) >= 11 is 5.98. The van der Waals surface area contributed by atoms with E-state index in [1.54, 1.807) is 72.8 Å². The number of benzene rings is 3. The van der Waals surface area contributed by atoms with Crippen LogP contribution in [-0.2, 0) is 30.8 Å². The molecule has 2 aliphatic rings. The second-order valence-corrected chi connectivity index (χ2v) is 10.5. The van der Waals surface area contributed by atoms with Gasteiger partial charge in [-0.2, -0.15) is 0 Å². The molecule has 0 aliphatic carbocycles. The molecule has 2 heterocycles. The first-order valence-corrected chi connectivity index (χ1v) is 12.1. The van der Waals surface area contributed by atoms with Crippen molar-refractivity contribution in [3.63, 3.8) is 0 Å². The normalized spacial score (nSPS) is 21.4. The third kappa shape index (κ3) is 2.81. The molecule has 1 fully saturated rings. The highest BCUT2D eigenvalue weighted by Gasteiger charge is 2.69. The monoisotopic (exact) mass is 466 g/mol. The number of amides is 2. The van der Waals surface area contributed by atoms with Crippen LogP contribution in [0, 0.1) is 6.92 Å². The van der Waals surface area contributed by atoms with Crippen molar-refractivity contribution in [3.05, 3.63) is 94.5 Å². The molecule has 0 radical (unpaired) electrons. The van der Waals surface area contributed by atoms with Crippen LogP contribution in [0.2, 0.25) is 5.02 Å². The molecule has 0 bridgehead atoms. The van der Waals surface area contributed by atoms with Crippen LogP contribution < -0.4 is 9.80 Å². The summed E-state index contributed by atoms with van der Waals surface area (Å²) in [5.74, 6) is -2.00. The van der Waals surface area contributed by atoms with E-state index in [9.17, 15) is 18.0 Å². The van der Waals surface area contributed by atoms with Crippen molar-refractivity contribution in [1.29, 1.82) is 0 Å². The lowest BCUT2D eigenvalue weighted by Gasteiger charge is -2.32. The Kier molecular flexibility index (Phi) is 4.65. The number of fused-ring (bicyclic) bond motifs is 2. The molecule has 2 amide bonds. The largest absolute Gasteiger partial charge is 0.304 e. The van der Waals surface area contributed by atoms with E-state index < -0.39 is 32.3 Å². The lowest BCUT2D eigenvalue weighted by Crippen LogP contribution is -2.54. The van der Waals surface area contributed by atoms with Crippen molar-refractivity contribution < 1.29 is 18.0 Å². The lowest BCUT2D eigenvalue weighted by atomic mass is 10.0. The lowest BCUT2D eigenvalue weighted by molar-refractivity contribution is -0.123. The molecule has 3 aromatic carbocycles. The molecule has 162 valence electrons. The zero-order valence-electron chi connectivity index (χ0n) is 17.2. The molecular weight excluding hydrogens is 448 g/mol. The Hall–Kier alpha value is -3.16. The van der Waals surface area contributed by atoms with Crippen LogP contribution >= 0.6 is 11.6 Å². The molecule has 1 spiro atoms. The van der Waals surface area contributed by atoms with E-state index in [-0.39, 0.29) is 6.54 Å². The zero-order valence-corrected chi connectivity index (χ0v) is 18.7. The number of rotatable bonds is 3. The third-order valence-electron chi connectivity index (χ3n) is 5.97. The summed E-state index contributed by atoms with van der Waals surface area (Å²) in [7, 11) is -4.17. The van der Waals surface area contributed by atoms with Crippen LogP contribution in [0.25, 0.3) is 0 Å². The number of carbonyl (C=O) groups excluding carboxylic acids is 2. The molecule has 2 aliphatic heterocycles. The summed E-state index contributed by atoms with van der Waals surface area (Å²) < 4.78 is 27.1. The summed E-state index contributed by atoms with van der Waals surface area (Å²) in [6.07, 6.45) is 0. The van der Waals surface area contributed by atoms with Crippen LogP contribution in [0.1, 0.15) is 16.7 Å². The number of nitrogens with zero attached hydrogens (tertiary/aromatic N) is 2. The first-order chi connectivity index (χ1) is 15.3. The van der Waals surface area contributed by atoms with Gasteiger partial charge in [0.25, 0.3) is 10.8 Å². The maximum atomic E-state index is 14.0. The van der Waals surface area contributed by atoms with E-state index in [2.05, 4.69) is 0 Å². The van der Waals surface area contributed by atoms with Gasteiger partial charge in [-0.3, -0.25) is 14.5 Å². The van der Waals surface area contributed by atoms with Gasteiger partial charge in [0, 0.05) is 16.3 Å². The number of hydrogen-bond donors (Lipinski definition) is 0. The SMILES string of the molecule is Cc1ccc(N2C(=O)CS(=O)(=O)[C@]23C(=O)N(Cc2ccc(Cl)cc2)c2ccccc23)cc1. The van der Waals surface area contributed by atoms with Crippen LogP contribution in [0.4, 0.5) is 11.4 Å². The van der Waals surface area contributed by atoms with Crippen LogP contribution in [0.3, 0.4) is 0 Å². The molecule has 6 nitrogen and oxygen atoms in total. The zero-order chi connectivity index (χ0) is 22.7. The molecule has 8 heteroatoms. The Morgan fingerprint density at radius 3 is 2.28 bits per heavy atom. The molecule has 0 N–H and O–H groups in total. The second-order valence-electron chi connectivity index (χ2n) is 8.00. The predicted molar refractivity (Wildman–Crippen MR) is 123 cm³/mol. The molecule has 5 rings (SSSR count). The van der Waals surface area contributed by atoms with Gasteiger partial charge >= 0.3 is 0 Å². The van der Waals surface area contributed by atoms with Gasteiger partial charge in [0.15, 0.2) is 9.84 Å². The summed E-state index contributed by atoms with van der Waals surface area (Å²) in [6, 6.07) is 20.7. The highest BCUT2D eigenvalue weighted by atomic mass is 35.5. The standard InChI is InChI=1S/C24H19ClN2O4S/c1-16-6-12-19(13-7-16)27-22(28)15-32(30,31)24(27)20-4-2-3-5-21(20)26(23(24)29)14-17-8-10-18(25)11-9-17/h2-13H,14-15H2,1H3/t24-/m1/s1. The number of anilines is 2. The van der Waals surface area contributed by atoms with Gasteiger partial charge in [-0.15, -0.1) is 0 Å². The summed E-state index contributed by atoms with van der Waals surface area (Å²) in [5, 5.41) is 0.563. The second kappa shape index (κ2) is 7.18. The van der Waals surface area contributed by atoms with Crippen molar-refractivity contribution in [2.24, 2.45) is 0 Å². The number of carbonyl (C=O) groups is 2. The fourth-order valence-corrected chi connectivity index (χ4v) is 6.67. The first-order valence-electron chi connectivity index (χ1n) is 10.0. The summed E-state index contributed by atoms with van der Waals surface area (Å²) in [4.78, 5) is 27.5. The molecule has 3 aromatic rings. The van der Waals surface area contributed by atoms with E-state index in [0.29, 0.717) is 22.0 Å². The highest BCUT2D eigenvalue weighted by molar-refractivity contribution is 7.94. The average molecular weight is 467 g/mol. The predicted octanol–water partition coefficient (Wildman–Crippen LogP) is 3.81. The topological polar surface area (TPSA) is 74.8 Å². The molecule has 1 atom stereocenters. The molecule has 0 aromatic heterocycles. The van der Waals surface area contributed by atoms with Crippen molar-refractivity contribution in [3.8, 4) is 0 Å². The van der Waals surface area contributed by atoms with Gasteiger partial charge < -0.3 is 4.90 Å². The van der Waals surface area contributed by atoms with Gasteiger partial charge in [0.1, 0.15) is 5.75 Å². The maximum Gasteiger partial charge on any atom is 0.274 e. The Bertz CT molecular complexity index is 1350. The minimum atomic E-state index is -4.17. The van der Waals surface area contributed by atoms with Crippen molar-refractivity contribution >= 4 is 44.6 Å². The van der Waals surface area contributed by atoms with E-state index in [1.165, 1.54) is 4.90 Å². The summed E-state index contributed by atoms with van der Waals surface area (Å²) in [6.45, 7) is 2.05. The Morgan fingerprint density at radius 1 is 0.938 bits per heavy atom. The van der Waals surface area contributed by atoms with Crippen molar-refractivity contribution in [2.75, 3.05) is 15.6 Å². The molecule has 0 saturated carbocycles. The van der Waals surface area contributed by atoms with Gasteiger partial charge in [-0.25, -0.2) is 8.42 Å². The fraction of sp³-hybridized carbons (Fsp3) is 0.167.